The number of aryl methyl sites for hydroxylation is 1. The number of likely N-dealkylation sites (tertiary alicyclic amines) is 1. The van der Waals surface area contributed by atoms with E-state index >= 15 is 0 Å². The Labute approximate surface area is 150 Å². The van der Waals surface area contributed by atoms with Gasteiger partial charge < -0.3 is 14.7 Å². The Morgan fingerprint density at radius 3 is 2.77 bits per heavy atom. The molecule has 8 nitrogen and oxygen atoms in total. The molecule has 0 bridgehead atoms. The Balaban J connectivity index is 1.56. The summed E-state index contributed by atoms with van der Waals surface area (Å²) in [5.41, 5.74) is 0.924. The molecule has 2 amide bonds. The molecule has 1 aromatic carbocycles. The van der Waals surface area contributed by atoms with E-state index in [1.807, 2.05) is 30.3 Å². The fourth-order valence-electron chi connectivity index (χ4n) is 2.95. The van der Waals surface area contributed by atoms with E-state index in [1.54, 1.807) is 6.92 Å². The number of benzene rings is 1. The molecule has 26 heavy (non-hydrogen) atoms. The van der Waals surface area contributed by atoms with Crippen molar-refractivity contribution in [1.29, 1.82) is 0 Å². The molecule has 1 aliphatic heterocycles. The number of carbonyl (C=O) groups is 3. The van der Waals surface area contributed by atoms with Crippen LogP contribution in [0.4, 0.5) is 0 Å². The van der Waals surface area contributed by atoms with E-state index < -0.39 is 17.7 Å². The average molecular weight is 356 g/mol. The van der Waals surface area contributed by atoms with Crippen LogP contribution in [0, 0.1) is 6.92 Å². The Hall–Kier alpha value is -3.03. The maximum absolute atomic E-state index is 12.5. The maximum atomic E-state index is 12.5. The topological polar surface area (TPSA) is 105 Å². The van der Waals surface area contributed by atoms with Gasteiger partial charge in [-0.3, -0.25) is 14.4 Å². The first-order valence-corrected chi connectivity index (χ1v) is 8.49. The third-order valence-electron chi connectivity index (χ3n) is 4.24. The lowest BCUT2D eigenvalue weighted by Crippen LogP contribution is -2.45. The molecule has 2 aromatic rings. The van der Waals surface area contributed by atoms with Crippen LogP contribution in [0.2, 0.25) is 0 Å². The number of hydrogen-bond acceptors (Lipinski definition) is 6. The third kappa shape index (κ3) is 4.14. The van der Waals surface area contributed by atoms with Crippen LogP contribution in [0.3, 0.4) is 0 Å². The predicted molar refractivity (Wildman–Crippen MR) is 90.8 cm³/mol. The predicted octanol–water partition coefficient (Wildman–Crippen LogP) is 0.797. The molecule has 8 heteroatoms. The Kier molecular flexibility index (Phi) is 5.40. The van der Waals surface area contributed by atoms with Crippen LogP contribution in [0.15, 0.2) is 34.9 Å². The van der Waals surface area contributed by atoms with E-state index in [4.69, 9.17) is 4.52 Å². The summed E-state index contributed by atoms with van der Waals surface area (Å²) in [6.07, 6.45) is 0.982. The third-order valence-corrected chi connectivity index (χ3v) is 4.24. The molecule has 1 N–H and O–H groups in total. The summed E-state index contributed by atoms with van der Waals surface area (Å²) in [4.78, 5) is 42.3. The number of Topliss-reactive ketones (excluding diaryl/α,β-unsaturated/α-hetero) is 1. The number of carbonyl (C=O) groups excluding carboxylic acids is 3. The fraction of sp³-hybridized carbons (Fsp3) is 0.389. The van der Waals surface area contributed by atoms with Crippen molar-refractivity contribution in [2.45, 2.75) is 38.8 Å². The normalized spacial score (nSPS) is 16.7. The first-order chi connectivity index (χ1) is 12.5. The number of ketones is 1. The van der Waals surface area contributed by atoms with E-state index in [0.29, 0.717) is 31.1 Å². The van der Waals surface area contributed by atoms with Gasteiger partial charge in [-0.25, -0.2) is 0 Å². The molecule has 3 rings (SSSR count). The number of rotatable bonds is 7. The second-order valence-corrected chi connectivity index (χ2v) is 6.17. The fourth-order valence-corrected chi connectivity index (χ4v) is 2.95. The van der Waals surface area contributed by atoms with Gasteiger partial charge in [-0.1, -0.05) is 35.5 Å². The Morgan fingerprint density at radius 2 is 2.08 bits per heavy atom. The molecule has 1 atom stereocenters. The van der Waals surface area contributed by atoms with Gasteiger partial charge in [-0.05, 0) is 18.9 Å². The van der Waals surface area contributed by atoms with Gasteiger partial charge in [0, 0.05) is 25.9 Å². The highest BCUT2D eigenvalue weighted by Crippen LogP contribution is 2.22. The first kappa shape index (κ1) is 17.8. The van der Waals surface area contributed by atoms with E-state index in [1.165, 1.54) is 4.90 Å². The number of hydrogen-bond donors (Lipinski definition) is 1. The zero-order valence-electron chi connectivity index (χ0n) is 14.5. The van der Waals surface area contributed by atoms with Crippen molar-refractivity contribution in [1.82, 2.24) is 20.4 Å². The van der Waals surface area contributed by atoms with Crippen LogP contribution >= 0.6 is 0 Å². The van der Waals surface area contributed by atoms with Crippen molar-refractivity contribution in [3.8, 4) is 0 Å². The van der Waals surface area contributed by atoms with Crippen molar-refractivity contribution in [3.05, 3.63) is 47.6 Å². The summed E-state index contributed by atoms with van der Waals surface area (Å²) < 4.78 is 4.95. The summed E-state index contributed by atoms with van der Waals surface area (Å²) in [6, 6.07) is 8.70. The summed E-state index contributed by atoms with van der Waals surface area (Å²) in [7, 11) is 0. The highest BCUT2D eigenvalue weighted by molar-refractivity contribution is 6.38. The summed E-state index contributed by atoms with van der Waals surface area (Å²) in [5, 5.41) is 6.22. The highest BCUT2D eigenvalue weighted by Gasteiger charge is 2.38. The van der Waals surface area contributed by atoms with E-state index in [0.717, 1.165) is 5.56 Å². The number of amides is 2. The quantitative estimate of drug-likeness (QED) is 0.736. The minimum absolute atomic E-state index is 0.110. The van der Waals surface area contributed by atoms with Gasteiger partial charge in [0.2, 0.25) is 17.6 Å². The minimum atomic E-state index is -0.714. The van der Waals surface area contributed by atoms with E-state index in [9.17, 15) is 14.4 Å². The monoisotopic (exact) mass is 356 g/mol. The molecule has 1 saturated heterocycles. The standard InChI is InChI=1S/C18H20N4O4/c1-12-20-15(26-21-12)9-10-19-18(25)17(24)14-7-8-16(23)22(14)11-13-5-3-2-4-6-13/h2-6,14H,7-11H2,1H3,(H,19,25)/t14-/m1/s1. The first-order valence-electron chi connectivity index (χ1n) is 8.49. The van der Waals surface area contributed by atoms with Crippen LogP contribution in [-0.4, -0.2) is 45.2 Å². The van der Waals surface area contributed by atoms with Crippen LogP contribution in [0.25, 0.3) is 0 Å². The summed E-state index contributed by atoms with van der Waals surface area (Å²) in [5.74, 6) is -0.478. The van der Waals surface area contributed by atoms with Crippen LogP contribution in [0.1, 0.15) is 30.1 Å². The van der Waals surface area contributed by atoms with Crippen molar-refractivity contribution >= 4 is 17.6 Å². The SMILES string of the molecule is Cc1noc(CCNC(=O)C(=O)[C@H]2CCC(=O)N2Cc2ccccc2)n1. The van der Waals surface area contributed by atoms with Crippen LogP contribution < -0.4 is 5.32 Å². The van der Waals surface area contributed by atoms with Gasteiger partial charge in [-0.2, -0.15) is 4.98 Å². The van der Waals surface area contributed by atoms with E-state index in [2.05, 4.69) is 15.5 Å². The van der Waals surface area contributed by atoms with Gasteiger partial charge in [-0.15, -0.1) is 0 Å². The van der Waals surface area contributed by atoms with Gasteiger partial charge in [0.15, 0.2) is 5.82 Å². The van der Waals surface area contributed by atoms with Gasteiger partial charge in [0.05, 0.1) is 0 Å². The average Bonchev–Trinajstić information content (AvgIpc) is 3.21. The van der Waals surface area contributed by atoms with E-state index in [-0.39, 0.29) is 18.9 Å². The summed E-state index contributed by atoms with van der Waals surface area (Å²) >= 11 is 0. The zero-order chi connectivity index (χ0) is 18.5. The second kappa shape index (κ2) is 7.90. The molecule has 0 radical (unpaired) electrons. The Morgan fingerprint density at radius 1 is 1.31 bits per heavy atom. The molecular weight excluding hydrogens is 336 g/mol. The maximum Gasteiger partial charge on any atom is 0.289 e. The van der Waals surface area contributed by atoms with Crippen molar-refractivity contribution in [2.75, 3.05) is 6.54 Å². The Bertz CT molecular complexity index is 803. The highest BCUT2D eigenvalue weighted by atomic mass is 16.5. The molecular formula is C18H20N4O4. The molecule has 0 unspecified atom stereocenters. The number of nitrogens with zero attached hydrogens (tertiary/aromatic N) is 3. The van der Waals surface area contributed by atoms with Gasteiger partial charge in [0.1, 0.15) is 6.04 Å². The molecule has 2 heterocycles. The molecule has 136 valence electrons. The van der Waals surface area contributed by atoms with Crippen molar-refractivity contribution < 1.29 is 18.9 Å². The van der Waals surface area contributed by atoms with Crippen LogP contribution in [0.5, 0.6) is 0 Å². The van der Waals surface area contributed by atoms with Crippen LogP contribution in [-0.2, 0) is 27.3 Å². The molecule has 1 fully saturated rings. The molecule has 0 aliphatic carbocycles. The number of nitrogens with one attached hydrogen (secondary N) is 1. The minimum Gasteiger partial charge on any atom is -0.349 e. The lowest BCUT2D eigenvalue weighted by Gasteiger charge is -2.23. The molecule has 0 spiro atoms. The zero-order valence-corrected chi connectivity index (χ0v) is 14.5. The smallest absolute Gasteiger partial charge is 0.289 e. The van der Waals surface area contributed by atoms with Gasteiger partial charge >= 0.3 is 0 Å². The number of aromatic nitrogens is 2. The summed E-state index contributed by atoms with van der Waals surface area (Å²) in [6.45, 7) is 2.24. The molecule has 0 saturated carbocycles. The lowest BCUT2D eigenvalue weighted by atomic mass is 10.1. The molecule has 1 aliphatic rings. The lowest BCUT2D eigenvalue weighted by molar-refractivity contribution is -0.143. The second-order valence-electron chi connectivity index (χ2n) is 6.17. The van der Waals surface area contributed by atoms with Crippen molar-refractivity contribution in [2.24, 2.45) is 0 Å². The largest absolute Gasteiger partial charge is 0.349 e. The van der Waals surface area contributed by atoms with Crippen molar-refractivity contribution in [3.63, 3.8) is 0 Å². The molecule has 1 aromatic heterocycles. The van der Waals surface area contributed by atoms with Gasteiger partial charge in [0.25, 0.3) is 5.91 Å².